The Balaban J connectivity index is 2.01. The summed E-state index contributed by atoms with van der Waals surface area (Å²) in [5.74, 6) is -0.751. The van der Waals surface area contributed by atoms with Crippen LogP contribution in [0.3, 0.4) is 0 Å². The molecule has 1 N–H and O–H groups in total. The maximum Gasteiger partial charge on any atom is 0.303 e. The van der Waals surface area contributed by atoms with Gasteiger partial charge in [0.15, 0.2) is 0 Å². The number of carboxylic acids is 1. The number of aryl methyl sites for hydroxylation is 2. The monoisotopic (exact) mass is 337 g/mol. The first-order valence-electron chi connectivity index (χ1n) is 6.46. The second kappa shape index (κ2) is 6.65. The highest BCUT2D eigenvalue weighted by atomic mass is 79.9. The van der Waals surface area contributed by atoms with E-state index in [1.807, 2.05) is 31.3 Å². The van der Waals surface area contributed by atoms with Gasteiger partial charge in [-0.3, -0.25) is 4.79 Å². The fraction of sp³-hybridized carbons (Fsp3) is 0.357. The van der Waals surface area contributed by atoms with Gasteiger partial charge in [-0.25, -0.2) is 4.68 Å². The molecule has 0 unspecified atom stereocenters. The van der Waals surface area contributed by atoms with Gasteiger partial charge in [0.1, 0.15) is 0 Å². The molecule has 0 saturated carbocycles. The number of halogens is 1. The largest absolute Gasteiger partial charge is 0.481 e. The van der Waals surface area contributed by atoms with Gasteiger partial charge in [-0.1, -0.05) is 27.2 Å². The van der Waals surface area contributed by atoms with E-state index in [0.717, 1.165) is 34.3 Å². The predicted molar refractivity (Wildman–Crippen MR) is 79.0 cm³/mol. The lowest BCUT2D eigenvalue weighted by atomic mass is 10.1. The first-order valence-corrected chi connectivity index (χ1v) is 7.25. The van der Waals surface area contributed by atoms with Crippen molar-refractivity contribution in [2.45, 2.75) is 32.6 Å². The van der Waals surface area contributed by atoms with E-state index in [2.05, 4.69) is 26.2 Å². The molecule has 1 heterocycles. The van der Waals surface area contributed by atoms with Crippen molar-refractivity contribution in [1.82, 2.24) is 15.0 Å². The first kappa shape index (κ1) is 14.7. The molecule has 106 valence electrons. The Bertz CT molecular complexity index is 610. The molecule has 2 aromatic rings. The van der Waals surface area contributed by atoms with Crippen molar-refractivity contribution in [2.75, 3.05) is 0 Å². The second-order valence-corrected chi connectivity index (χ2v) is 5.60. The van der Waals surface area contributed by atoms with Gasteiger partial charge in [0.25, 0.3) is 0 Å². The van der Waals surface area contributed by atoms with Gasteiger partial charge in [0.05, 0.1) is 17.6 Å². The lowest BCUT2D eigenvalue weighted by Crippen LogP contribution is -1.97. The van der Waals surface area contributed by atoms with Crippen molar-refractivity contribution in [3.8, 4) is 5.69 Å². The minimum Gasteiger partial charge on any atom is -0.481 e. The summed E-state index contributed by atoms with van der Waals surface area (Å²) in [4.78, 5) is 10.4. The molecule has 2 rings (SSSR count). The smallest absolute Gasteiger partial charge is 0.303 e. The lowest BCUT2D eigenvalue weighted by Gasteiger charge is -2.04. The summed E-state index contributed by atoms with van der Waals surface area (Å²) in [7, 11) is 0. The molecule has 5 nitrogen and oxygen atoms in total. The van der Waals surface area contributed by atoms with Crippen LogP contribution in [0, 0.1) is 6.92 Å². The number of hydrogen-bond acceptors (Lipinski definition) is 3. The van der Waals surface area contributed by atoms with Crippen molar-refractivity contribution in [2.24, 2.45) is 0 Å². The second-order valence-electron chi connectivity index (χ2n) is 4.69. The van der Waals surface area contributed by atoms with E-state index in [4.69, 9.17) is 5.11 Å². The van der Waals surface area contributed by atoms with Crippen molar-refractivity contribution < 1.29 is 9.90 Å². The minimum absolute atomic E-state index is 0.207. The van der Waals surface area contributed by atoms with Crippen LogP contribution in [0.2, 0.25) is 0 Å². The summed E-state index contributed by atoms with van der Waals surface area (Å²) >= 11 is 3.45. The van der Waals surface area contributed by atoms with Crippen LogP contribution in [-0.2, 0) is 11.2 Å². The Morgan fingerprint density at radius 1 is 1.40 bits per heavy atom. The fourth-order valence-electron chi connectivity index (χ4n) is 1.94. The van der Waals surface area contributed by atoms with Crippen LogP contribution < -0.4 is 0 Å². The Kier molecular flexibility index (Phi) is 4.89. The standard InChI is InChI=1S/C14H16BrN3O2/c1-10-6-7-11(15)8-13(10)18-9-12(16-17-18)4-2-3-5-14(19)20/h6-9H,2-5H2,1H3,(H,19,20). The van der Waals surface area contributed by atoms with Gasteiger partial charge in [-0.05, 0) is 43.9 Å². The normalized spacial score (nSPS) is 10.7. The van der Waals surface area contributed by atoms with Crippen LogP contribution in [0.1, 0.15) is 30.5 Å². The number of rotatable bonds is 6. The number of hydrogen-bond donors (Lipinski definition) is 1. The molecule has 0 bridgehead atoms. The van der Waals surface area contributed by atoms with Crippen LogP contribution in [0.15, 0.2) is 28.9 Å². The molecule has 0 atom stereocenters. The molecule has 0 aliphatic rings. The molecule has 0 amide bonds. The zero-order chi connectivity index (χ0) is 14.5. The van der Waals surface area contributed by atoms with Crippen LogP contribution in [0.5, 0.6) is 0 Å². The Morgan fingerprint density at radius 3 is 2.95 bits per heavy atom. The fourth-order valence-corrected chi connectivity index (χ4v) is 2.29. The van der Waals surface area contributed by atoms with Crippen molar-refractivity contribution in [3.63, 3.8) is 0 Å². The lowest BCUT2D eigenvalue weighted by molar-refractivity contribution is -0.137. The van der Waals surface area contributed by atoms with Gasteiger partial charge in [-0.15, -0.1) is 5.10 Å². The Labute approximate surface area is 125 Å². The molecule has 20 heavy (non-hydrogen) atoms. The molecule has 1 aromatic heterocycles. The summed E-state index contributed by atoms with van der Waals surface area (Å²) in [6, 6.07) is 6.01. The minimum atomic E-state index is -0.751. The third kappa shape index (κ3) is 3.90. The number of nitrogens with zero attached hydrogens (tertiary/aromatic N) is 3. The first-order chi connectivity index (χ1) is 9.56. The molecule has 0 aliphatic heterocycles. The van der Waals surface area contributed by atoms with E-state index in [9.17, 15) is 4.79 Å². The van der Waals surface area contributed by atoms with Crippen molar-refractivity contribution in [1.29, 1.82) is 0 Å². The van der Waals surface area contributed by atoms with Crippen molar-refractivity contribution in [3.05, 3.63) is 40.1 Å². The maximum absolute atomic E-state index is 10.4. The molecule has 0 aliphatic carbocycles. The molecule has 1 aromatic carbocycles. The van der Waals surface area contributed by atoms with E-state index in [1.165, 1.54) is 0 Å². The van der Waals surface area contributed by atoms with Crippen LogP contribution >= 0.6 is 15.9 Å². The van der Waals surface area contributed by atoms with E-state index in [0.29, 0.717) is 6.42 Å². The highest BCUT2D eigenvalue weighted by molar-refractivity contribution is 9.10. The topological polar surface area (TPSA) is 68.0 Å². The summed E-state index contributed by atoms with van der Waals surface area (Å²) in [6.07, 6.45) is 4.33. The van der Waals surface area contributed by atoms with Gasteiger partial charge in [0, 0.05) is 10.9 Å². The van der Waals surface area contributed by atoms with E-state index < -0.39 is 5.97 Å². The highest BCUT2D eigenvalue weighted by Gasteiger charge is 2.06. The van der Waals surface area contributed by atoms with Gasteiger partial charge < -0.3 is 5.11 Å². The van der Waals surface area contributed by atoms with E-state index >= 15 is 0 Å². The summed E-state index contributed by atoms with van der Waals surface area (Å²) in [5.41, 5.74) is 2.99. The van der Waals surface area contributed by atoms with E-state index in [-0.39, 0.29) is 6.42 Å². The Morgan fingerprint density at radius 2 is 2.20 bits per heavy atom. The zero-order valence-corrected chi connectivity index (χ0v) is 12.8. The average molecular weight is 338 g/mol. The third-order valence-electron chi connectivity index (χ3n) is 3.03. The number of carboxylic acid groups (broad SMARTS) is 1. The van der Waals surface area contributed by atoms with Crippen LogP contribution in [0.25, 0.3) is 5.69 Å². The summed E-state index contributed by atoms with van der Waals surface area (Å²) < 4.78 is 2.75. The number of unbranched alkanes of at least 4 members (excludes halogenated alkanes) is 1. The third-order valence-corrected chi connectivity index (χ3v) is 3.53. The SMILES string of the molecule is Cc1ccc(Br)cc1-n1cc(CCCCC(=O)O)nn1. The quantitative estimate of drug-likeness (QED) is 0.822. The molecule has 0 fully saturated rings. The van der Waals surface area contributed by atoms with Crippen LogP contribution in [-0.4, -0.2) is 26.1 Å². The Hall–Kier alpha value is -1.69. The number of benzene rings is 1. The zero-order valence-electron chi connectivity index (χ0n) is 11.2. The molecular weight excluding hydrogens is 322 g/mol. The highest BCUT2D eigenvalue weighted by Crippen LogP contribution is 2.19. The molecule has 0 radical (unpaired) electrons. The van der Waals surface area contributed by atoms with Crippen LogP contribution in [0.4, 0.5) is 0 Å². The van der Waals surface area contributed by atoms with E-state index in [1.54, 1.807) is 4.68 Å². The summed E-state index contributed by atoms with van der Waals surface area (Å²) in [6.45, 7) is 2.02. The number of carbonyl (C=O) groups is 1. The molecular formula is C14H16BrN3O2. The van der Waals surface area contributed by atoms with Crippen molar-refractivity contribution >= 4 is 21.9 Å². The van der Waals surface area contributed by atoms with Gasteiger partial charge in [0.2, 0.25) is 0 Å². The molecule has 0 saturated heterocycles. The molecule has 6 heteroatoms. The summed E-state index contributed by atoms with van der Waals surface area (Å²) in [5, 5.41) is 16.8. The molecule has 0 spiro atoms. The number of aliphatic carboxylic acids is 1. The van der Waals surface area contributed by atoms with Gasteiger partial charge in [-0.2, -0.15) is 0 Å². The van der Waals surface area contributed by atoms with Gasteiger partial charge >= 0.3 is 5.97 Å². The maximum atomic E-state index is 10.4. The average Bonchev–Trinajstić information content (AvgIpc) is 2.86. The predicted octanol–water partition coefficient (Wildman–Crippen LogP) is 3.14. The number of aromatic nitrogens is 3.